The number of carbonyl (C=O) groups is 3. The standard InChI is InChI=1S/C86H155NO8/c1-6-8-10-12-14-16-18-20-22-24-26-28-30-32-34-36-37-38-39-40-41-42-43-44-45-46-47-49-50-52-54-56-58-60-62-64-66-68-70-72-74-76-83(88)93-80-82(81-94-86(85(90)91)92-79-78-87(3,4)5)95-84(89)77-75-73-71-69-67-65-63-61-59-57-55-53-51-48-35-33-31-29-27-25-23-21-19-17-15-13-11-9-7-2/h9,11,15,17-18,20-21,23-24,26-27,29,33,35,82,86H,6-8,10,12-14,16,19,22,25,28,30-32,34,36-81H2,1-5H3/b11-9-,17-15-,20-18-,23-21-,26-24-,29-27-,35-33-. The Balaban J connectivity index is 3.95. The molecule has 0 saturated carbocycles. The molecule has 0 fully saturated rings. The first-order valence-electron chi connectivity index (χ1n) is 40.7. The second-order valence-corrected chi connectivity index (χ2v) is 28.7. The highest BCUT2D eigenvalue weighted by Crippen LogP contribution is 2.19. The fourth-order valence-corrected chi connectivity index (χ4v) is 12.0. The van der Waals surface area contributed by atoms with E-state index in [9.17, 15) is 19.5 Å². The third kappa shape index (κ3) is 77.7. The number of quaternary nitrogens is 1. The van der Waals surface area contributed by atoms with E-state index >= 15 is 0 Å². The Morgan fingerprint density at radius 1 is 0.326 bits per heavy atom. The lowest BCUT2D eigenvalue weighted by molar-refractivity contribution is -0.870. The molecular weight excluding hydrogens is 1170 g/mol. The predicted octanol–water partition coefficient (Wildman–Crippen LogP) is 24.8. The first-order valence-corrected chi connectivity index (χ1v) is 40.7. The van der Waals surface area contributed by atoms with Gasteiger partial charge in [0.05, 0.1) is 40.3 Å². The van der Waals surface area contributed by atoms with Crippen LogP contribution in [0.1, 0.15) is 386 Å². The van der Waals surface area contributed by atoms with Crippen LogP contribution >= 0.6 is 0 Å². The SMILES string of the molecule is CC/C=C\C/C=C\C/C=C\C/C=C\C/C=C\CCCCCCCCCCCCCCCC(=O)OC(COC(=O)CCCCCCCCCCCCCCCCCCCCCCCCCCCCCCC/C=C\C/C=C\CCCCCCC)COC(OCC[N+](C)(C)C)C(=O)[O-]. The van der Waals surface area contributed by atoms with Crippen molar-refractivity contribution in [3.05, 3.63) is 85.1 Å². The van der Waals surface area contributed by atoms with Crippen molar-refractivity contribution in [2.45, 2.75) is 399 Å². The molecule has 0 rings (SSSR count). The zero-order valence-corrected chi connectivity index (χ0v) is 63.3. The van der Waals surface area contributed by atoms with Crippen LogP contribution in [0.3, 0.4) is 0 Å². The molecule has 9 heteroatoms. The zero-order valence-electron chi connectivity index (χ0n) is 63.3. The summed E-state index contributed by atoms with van der Waals surface area (Å²) in [5.74, 6) is -2.26. The summed E-state index contributed by atoms with van der Waals surface area (Å²) < 4.78 is 22.9. The van der Waals surface area contributed by atoms with Gasteiger partial charge in [-0.3, -0.25) is 9.59 Å². The number of likely N-dealkylation sites (N-methyl/N-ethyl adjacent to an activating group) is 1. The van der Waals surface area contributed by atoms with Crippen LogP contribution in [0.25, 0.3) is 0 Å². The van der Waals surface area contributed by atoms with Gasteiger partial charge in [-0.2, -0.15) is 0 Å². The molecule has 0 N–H and O–H groups in total. The van der Waals surface area contributed by atoms with E-state index in [0.717, 1.165) is 77.0 Å². The number of carboxylic acids is 1. The topological polar surface area (TPSA) is 111 Å². The van der Waals surface area contributed by atoms with Crippen LogP contribution in [0.15, 0.2) is 85.1 Å². The minimum absolute atomic E-state index is 0.147. The van der Waals surface area contributed by atoms with Gasteiger partial charge < -0.3 is 33.3 Å². The van der Waals surface area contributed by atoms with Crippen molar-refractivity contribution < 1.29 is 42.9 Å². The molecule has 0 saturated heterocycles. The van der Waals surface area contributed by atoms with Gasteiger partial charge in [0.15, 0.2) is 12.4 Å². The largest absolute Gasteiger partial charge is 0.545 e. The molecule has 0 spiro atoms. The molecule has 0 radical (unpaired) electrons. The van der Waals surface area contributed by atoms with E-state index in [1.165, 1.54) is 276 Å². The average molecular weight is 1330 g/mol. The summed E-state index contributed by atoms with van der Waals surface area (Å²) >= 11 is 0. The first-order chi connectivity index (χ1) is 46.6. The van der Waals surface area contributed by atoms with Crippen molar-refractivity contribution >= 4 is 17.9 Å². The summed E-state index contributed by atoms with van der Waals surface area (Å²) in [6, 6.07) is 0. The highest BCUT2D eigenvalue weighted by molar-refractivity contribution is 5.70. The van der Waals surface area contributed by atoms with Crippen molar-refractivity contribution in [1.82, 2.24) is 0 Å². The van der Waals surface area contributed by atoms with Gasteiger partial charge >= 0.3 is 11.9 Å². The van der Waals surface area contributed by atoms with Crippen molar-refractivity contribution in [3.8, 4) is 0 Å². The van der Waals surface area contributed by atoms with Gasteiger partial charge in [0.1, 0.15) is 13.2 Å². The third-order valence-electron chi connectivity index (χ3n) is 18.1. The quantitative estimate of drug-likeness (QED) is 0.0195. The van der Waals surface area contributed by atoms with Crippen molar-refractivity contribution in [1.29, 1.82) is 0 Å². The maximum absolute atomic E-state index is 13.0. The number of esters is 2. The number of hydrogen-bond donors (Lipinski definition) is 0. The average Bonchev–Trinajstić information content (AvgIpc) is 2.86. The molecule has 0 aromatic rings. The van der Waals surface area contributed by atoms with Crippen LogP contribution in [-0.4, -0.2) is 82.3 Å². The molecule has 0 bridgehead atoms. The van der Waals surface area contributed by atoms with Crippen molar-refractivity contribution in [2.75, 3.05) is 47.5 Å². The van der Waals surface area contributed by atoms with Crippen LogP contribution in [-0.2, 0) is 33.3 Å². The smallest absolute Gasteiger partial charge is 0.306 e. The van der Waals surface area contributed by atoms with E-state index in [2.05, 4.69) is 98.9 Å². The lowest BCUT2D eigenvalue weighted by Gasteiger charge is -2.26. The molecular formula is C86H155NO8. The second kappa shape index (κ2) is 76.2. The molecule has 0 heterocycles. The molecule has 0 aliphatic carbocycles. The fourth-order valence-electron chi connectivity index (χ4n) is 12.0. The predicted molar refractivity (Wildman–Crippen MR) is 408 cm³/mol. The summed E-state index contributed by atoms with van der Waals surface area (Å²) in [5.41, 5.74) is 0. The molecule has 95 heavy (non-hydrogen) atoms. The van der Waals surface area contributed by atoms with E-state index in [0.29, 0.717) is 23.9 Å². The summed E-state index contributed by atoms with van der Waals surface area (Å²) in [5, 5.41) is 11.9. The molecule has 2 unspecified atom stereocenters. The lowest BCUT2D eigenvalue weighted by atomic mass is 10.0. The summed E-state index contributed by atoms with van der Waals surface area (Å²) in [6.07, 6.45) is 101. The Morgan fingerprint density at radius 3 is 0.895 bits per heavy atom. The Hall–Kier alpha value is -3.53. The number of carboxylic acid groups (broad SMARTS) is 1. The van der Waals surface area contributed by atoms with E-state index in [1.54, 1.807) is 0 Å². The van der Waals surface area contributed by atoms with Crippen LogP contribution in [0, 0.1) is 0 Å². The molecule has 552 valence electrons. The van der Waals surface area contributed by atoms with Crippen LogP contribution in [0.5, 0.6) is 0 Å². The zero-order chi connectivity index (χ0) is 69.0. The van der Waals surface area contributed by atoms with E-state index in [4.69, 9.17) is 18.9 Å². The molecule has 0 amide bonds. The Morgan fingerprint density at radius 2 is 0.600 bits per heavy atom. The van der Waals surface area contributed by atoms with Crippen LogP contribution < -0.4 is 5.11 Å². The van der Waals surface area contributed by atoms with Crippen LogP contribution in [0.2, 0.25) is 0 Å². The van der Waals surface area contributed by atoms with Crippen molar-refractivity contribution in [2.24, 2.45) is 0 Å². The Bertz CT molecular complexity index is 1840. The van der Waals surface area contributed by atoms with Crippen molar-refractivity contribution in [3.63, 3.8) is 0 Å². The number of allylic oxidation sites excluding steroid dienone is 14. The molecule has 0 aliphatic heterocycles. The monoisotopic (exact) mass is 1330 g/mol. The highest BCUT2D eigenvalue weighted by atomic mass is 16.7. The molecule has 9 nitrogen and oxygen atoms in total. The number of aliphatic carboxylic acids is 1. The lowest BCUT2D eigenvalue weighted by Crippen LogP contribution is -2.44. The number of unbranched alkanes of at least 4 members (excludes halogenated alkanes) is 47. The second-order valence-electron chi connectivity index (χ2n) is 28.7. The van der Waals surface area contributed by atoms with Crippen LogP contribution in [0.4, 0.5) is 0 Å². The number of rotatable bonds is 76. The Labute approximate surface area is 589 Å². The number of carbonyl (C=O) groups excluding carboxylic acids is 3. The molecule has 0 aliphatic rings. The molecule has 0 aromatic carbocycles. The highest BCUT2D eigenvalue weighted by Gasteiger charge is 2.22. The van der Waals surface area contributed by atoms with Gasteiger partial charge in [-0.15, -0.1) is 0 Å². The van der Waals surface area contributed by atoms with Gasteiger partial charge in [-0.1, -0.05) is 369 Å². The minimum Gasteiger partial charge on any atom is -0.545 e. The number of ether oxygens (including phenoxy) is 4. The number of hydrogen-bond acceptors (Lipinski definition) is 8. The third-order valence-corrected chi connectivity index (χ3v) is 18.1. The maximum Gasteiger partial charge on any atom is 0.306 e. The first kappa shape index (κ1) is 91.5. The van der Waals surface area contributed by atoms with E-state index in [1.807, 2.05) is 21.1 Å². The summed E-state index contributed by atoms with van der Waals surface area (Å²) in [7, 11) is 5.94. The molecule has 2 atom stereocenters. The molecule has 0 aromatic heterocycles. The van der Waals surface area contributed by atoms with Gasteiger partial charge in [0.2, 0.25) is 0 Å². The fraction of sp³-hybridized carbons (Fsp3) is 0.802. The van der Waals surface area contributed by atoms with Gasteiger partial charge in [0, 0.05) is 12.8 Å². The summed E-state index contributed by atoms with van der Waals surface area (Å²) in [4.78, 5) is 37.6. The Kier molecular flexibility index (Phi) is 73.4. The summed E-state index contributed by atoms with van der Waals surface area (Å²) in [6.45, 7) is 4.67. The van der Waals surface area contributed by atoms with Gasteiger partial charge in [-0.05, 0) is 89.9 Å². The maximum atomic E-state index is 13.0. The minimum atomic E-state index is -1.62. The van der Waals surface area contributed by atoms with Gasteiger partial charge in [-0.25, -0.2) is 0 Å². The van der Waals surface area contributed by atoms with Gasteiger partial charge in [0.25, 0.3) is 0 Å². The van der Waals surface area contributed by atoms with E-state index < -0.39 is 24.3 Å². The number of nitrogens with zero attached hydrogens (tertiary/aromatic N) is 1. The normalized spacial score (nSPS) is 13.1. The van der Waals surface area contributed by atoms with E-state index in [-0.39, 0.29) is 32.2 Å².